The lowest BCUT2D eigenvalue weighted by Crippen LogP contribution is -2.42. The zero-order chi connectivity index (χ0) is 12.3. The number of nitrogens with two attached hydrogens (primary N) is 1. The Balaban J connectivity index is 2.07. The normalized spacial score (nSPS) is 20.6. The summed E-state index contributed by atoms with van der Waals surface area (Å²) in [5.74, 6) is 0.0803. The van der Waals surface area contributed by atoms with Crippen LogP contribution in [0.5, 0.6) is 0 Å². The van der Waals surface area contributed by atoms with Gasteiger partial charge in [-0.25, -0.2) is 4.98 Å². The molecule has 1 aromatic heterocycles. The van der Waals surface area contributed by atoms with Gasteiger partial charge in [0.15, 0.2) is 0 Å². The van der Waals surface area contributed by atoms with E-state index < -0.39 is 0 Å². The highest BCUT2D eigenvalue weighted by Gasteiger charge is 2.25. The van der Waals surface area contributed by atoms with Crippen LogP contribution >= 0.6 is 11.3 Å². The molecule has 1 unspecified atom stereocenters. The molecule has 0 spiro atoms. The summed E-state index contributed by atoms with van der Waals surface area (Å²) in [6.45, 7) is 3.56. The minimum Gasteiger partial charge on any atom is -0.335 e. The van der Waals surface area contributed by atoms with Crippen molar-refractivity contribution < 1.29 is 4.79 Å². The van der Waals surface area contributed by atoms with E-state index in [1.54, 1.807) is 0 Å². The number of likely N-dealkylation sites (tertiary alicyclic amines) is 1. The first-order valence-corrected chi connectivity index (χ1v) is 7.05. The minimum atomic E-state index is 0.0803. The van der Waals surface area contributed by atoms with Crippen molar-refractivity contribution in [1.82, 2.24) is 9.88 Å². The first-order valence-electron chi connectivity index (χ1n) is 6.18. The van der Waals surface area contributed by atoms with Crippen LogP contribution < -0.4 is 5.73 Å². The van der Waals surface area contributed by atoms with E-state index in [1.807, 2.05) is 10.3 Å². The fourth-order valence-electron chi connectivity index (χ4n) is 2.19. The second-order valence-corrected chi connectivity index (χ2v) is 5.45. The molecule has 1 aromatic rings. The number of carbonyl (C=O) groups excluding carboxylic acids is 1. The molecule has 2 rings (SSSR count). The lowest BCUT2D eigenvalue weighted by molar-refractivity contribution is 0.0630. The summed E-state index contributed by atoms with van der Waals surface area (Å²) >= 11 is 1.53. The maximum absolute atomic E-state index is 12.3. The Labute approximate surface area is 106 Å². The molecule has 0 radical (unpaired) electrons. The van der Waals surface area contributed by atoms with Crippen LogP contribution in [0.3, 0.4) is 0 Å². The smallest absolute Gasteiger partial charge is 0.273 e. The van der Waals surface area contributed by atoms with E-state index in [0.29, 0.717) is 18.3 Å². The fourth-order valence-corrected chi connectivity index (χ4v) is 2.98. The van der Waals surface area contributed by atoms with E-state index in [-0.39, 0.29) is 5.91 Å². The third kappa shape index (κ3) is 2.84. The molecule has 2 N–H and O–H groups in total. The van der Waals surface area contributed by atoms with Crippen molar-refractivity contribution in [2.24, 2.45) is 5.73 Å². The highest BCUT2D eigenvalue weighted by atomic mass is 32.1. The van der Waals surface area contributed by atoms with Crippen LogP contribution in [0, 0.1) is 0 Å². The van der Waals surface area contributed by atoms with Crippen LogP contribution in [0.25, 0.3) is 0 Å². The average molecular weight is 253 g/mol. The predicted molar refractivity (Wildman–Crippen MR) is 69.2 cm³/mol. The fraction of sp³-hybridized carbons (Fsp3) is 0.667. The van der Waals surface area contributed by atoms with Gasteiger partial charge in [0.2, 0.25) is 0 Å². The van der Waals surface area contributed by atoms with Crippen LogP contribution in [-0.2, 0) is 6.42 Å². The molecule has 5 heteroatoms. The number of nitrogens with zero attached hydrogens (tertiary/aromatic N) is 2. The number of hydrogen-bond donors (Lipinski definition) is 1. The largest absolute Gasteiger partial charge is 0.335 e. The molecular formula is C12H19N3OS. The molecule has 2 heterocycles. The van der Waals surface area contributed by atoms with Crippen LogP contribution in [0.2, 0.25) is 0 Å². The third-order valence-corrected chi connectivity index (χ3v) is 4.10. The number of hydrogen-bond acceptors (Lipinski definition) is 4. The van der Waals surface area contributed by atoms with Crippen molar-refractivity contribution in [1.29, 1.82) is 0 Å². The number of thiazole rings is 1. The molecular weight excluding hydrogens is 234 g/mol. The SMILES string of the molecule is CC1CCCCN1C(=O)c1csc(CCN)n1. The summed E-state index contributed by atoms with van der Waals surface area (Å²) in [4.78, 5) is 18.6. The van der Waals surface area contributed by atoms with Gasteiger partial charge in [0.05, 0.1) is 5.01 Å². The summed E-state index contributed by atoms with van der Waals surface area (Å²) in [5, 5.41) is 2.81. The van der Waals surface area contributed by atoms with Crippen molar-refractivity contribution in [2.75, 3.05) is 13.1 Å². The van der Waals surface area contributed by atoms with Crippen molar-refractivity contribution >= 4 is 17.2 Å². The molecule has 1 saturated heterocycles. The first-order chi connectivity index (χ1) is 8.22. The van der Waals surface area contributed by atoms with Gasteiger partial charge >= 0.3 is 0 Å². The Morgan fingerprint density at radius 3 is 3.18 bits per heavy atom. The standard InChI is InChI=1S/C12H19N3OS/c1-9-4-2-3-7-15(9)12(16)10-8-17-11(14-10)5-6-13/h8-9H,2-7,13H2,1H3. The predicted octanol–water partition coefficient (Wildman–Crippen LogP) is 1.66. The van der Waals surface area contributed by atoms with E-state index in [1.165, 1.54) is 17.8 Å². The molecule has 1 aliphatic rings. The first kappa shape index (κ1) is 12.5. The van der Waals surface area contributed by atoms with Crippen molar-refractivity contribution in [2.45, 2.75) is 38.6 Å². The topological polar surface area (TPSA) is 59.2 Å². The molecule has 17 heavy (non-hydrogen) atoms. The lowest BCUT2D eigenvalue weighted by atomic mass is 10.0. The minimum absolute atomic E-state index is 0.0803. The molecule has 0 bridgehead atoms. The zero-order valence-electron chi connectivity index (χ0n) is 10.2. The molecule has 94 valence electrons. The molecule has 1 fully saturated rings. The van der Waals surface area contributed by atoms with Crippen LogP contribution in [0.4, 0.5) is 0 Å². The molecule has 1 atom stereocenters. The number of piperidine rings is 1. The van der Waals surface area contributed by atoms with Gasteiger partial charge in [-0.3, -0.25) is 4.79 Å². The molecule has 0 saturated carbocycles. The average Bonchev–Trinajstić information content (AvgIpc) is 2.78. The Hall–Kier alpha value is -0.940. The maximum Gasteiger partial charge on any atom is 0.273 e. The molecule has 1 amide bonds. The Morgan fingerprint density at radius 1 is 1.65 bits per heavy atom. The van der Waals surface area contributed by atoms with E-state index in [9.17, 15) is 4.79 Å². The number of rotatable bonds is 3. The second-order valence-electron chi connectivity index (χ2n) is 4.51. The summed E-state index contributed by atoms with van der Waals surface area (Å²) in [5.41, 5.74) is 6.07. The highest BCUT2D eigenvalue weighted by molar-refractivity contribution is 7.09. The lowest BCUT2D eigenvalue weighted by Gasteiger charge is -2.32. The molecule has 0 aromatic carbocycles. The quantitative estimate of drug-likeness (QED) is 0.891. The summed E-state index contributed by atoms with van der Waals surface area (Å²) in [7, 11) is 0. The van der Waals surface area contributed by atoms with E-state index in [2.05, 4.69) is 11.9 Å². The van der Waals surface area contributed by atoms with Crippen LogP contribution in [-0.4, -0.2) is 34.9 Å². The van der Waals surface area contributed by atoms with Gasteiger partial charge in [0.1, 0.15) is 5.69 Å². The zero-order valence-corrected chi connectivity index (χ0v) is 11.0. The summed E-state index contributed by atoms with van der Waals surface area (Å²) < 4.78 is 0. The van der Waals surface area contributed by atoms with Crippen molar-refractivity contribution in [3.05, 3.63) is 16.1 Å². The molecule has 1 aliphatic heterocycles. The summed E-state index contributed by atoms with van der Waals surface area (Å²) in [6.07, 6.45) is 4.19. The maximum atomic E-state index is 12.3. The number of carbonyl (C=O) groups is 1. The van der Waals surface area contributed by atoms with Gasteiger partial charge in [0, 0.05) is 24.4 Å². The molecule has 0 aliphatic carbocycles. The van der Waals surface area contributed by atoms with Gasteiger partial charge in [-0.2, -0.15) is 0 Å². The number of aromatic nitrogens is 1. The Morgan fingerprint density at radius 2 is 2.47 bits per heavy atom. The van der Waals surface area contributed by atoms with E-state index in [4.69, 9.17) is 5.73 Å². The Kier molecular flexibility index (Phi) is 4.12. The Bertz CT molecular complexity index is 391. The van der Waals surface area contributed by atoms with Gasteiger partial charge in [0.25, 0.3) is 5.91 Å². The van der Waals surface area contributed by atoms with Gasteiger partial charge in [-0.15, -0.1) is 11.3 Å². The van der Waals surface area contributed by atoms with Gasteiger partial charge in [-0.1, -0.05) is 0 Å². The van der Waals surface area contributed by atoms with Crippen molar-refractivity contribution in [3.8, 4) is 0 Å². The van der Waals surface area contributed by atoms with Crippen LogP contribution in [0.1, 0.15) is 41.7 Å². The van der Waals surface area contributed by atoms with E-state index in [0.717, 1.165) is 30.8 Å². The van der Waals surface area contributed by atoms with Crippen LogP contribution in [0.15, 0.2) is 5.38 Å². The second kappa shape index (κ2) is 5.60. The van der Waals surface area contributed by atoms with Gasteiger partial charge < -0.3 is 10.6 Å². The van der Waals surface area contributed by atoms with Gasteiger partial charge in [-0.05, 0) is 32.7 Å². The summed E-state index contributed by atoms with van der Waals surface area (Å²) in [6, 6.07) is 0.343. The third-order valence-electron chi connectivity index (χ3n) is 3.19. The van der Waals surface area contributed by atoms with Crippen molar-refractivity contribution in [3.63, 3.8) is 0 Å². The number of amides is 1. The molecule has 4 nitrogen and oxygen atoms in total. The monoisotopic (exact) mass is 253 g/mol. The highest BCUT2D eigenvalue weighted by Crippen LogP contribution is 2.20. The van der Waals surface area contributed by atoms with E-state index >= 15 is 0 Å².